The van der Waals surface area contributed by atoms with Crippen molar-refractivity contribution in [2.45, 2.75) is 57.9 Å². The van der Waals surface area contributed by atoms with E-state index in [0.29, 0.717) is 6.42 Å². The number of hydrogen-bond acceptors (Lipinski definition) is 3. The highest BCUT2D eigenvalue weighted by Gasteiger charge is 2.22. The molecule has 2 saturated heterocycles. The second-order valence-electron chi connectivity index (χ2n) is 7.55. The summed E-state index contributed by atoms with van der Waals surface area (Å²) in [5.41, 5.74) is 1.97. The zero-order chi connectivity index (χ0) is 18.4. The van der Waals surface area contributed by atoms with Crippen LogP contribution in [0.2, 0.25) is 0 Å². The Hall–Kier alpha value is -1.88. The smallest absolute Gasteiger partial charge is 0.241 e. The third kappa shape index (κ3) is 5.07. The first-order valence-corrected chi connectivity index (χ1v) is 10.0. The number of piperidine rings is 1. The SMILES string of the molecule is CC(C(=O)Nc1ccc(CCC(=O)N2CCCC2)cc1)N1CCCCC1. The molecule has 3 rings (SSSR count). The molecule has 2 heterocycles. The van der Waals surface area contributed by atoms with Crippen LogP contribution in [0.15, 0.2) is 24.3 Å². The second kappa shape index (κ2) is 9.17. The van der Waals surface area contributed by atoms with Gasteiger partial charge in [0.1, 0.15) is 0 Å². The number of aryl methyl sites for hydroxylation is 1. The van der Waals surface area contributed by atoms with Gasteiger partial charge in [0.15, 0.2) is 0 Å². The molecule has 0 radical (unpaired) electrons. The van der Waals surface area contributed by atoms with Crippen LogP contribution in [0, 0.1) is 0 Å². The molecule has 142 valence electrons. The fraction of sp³-hybridized carbons (Fsp3) is 0.619. The standard InChI is InChI=1S/C21H31N3O2/c1-17(23-13-3-2-4-14-23)21(26)22-19-10-7-18(8-11-19)9-12-20(25)24-15-5-6-16-24/h7-8,10-11,17H,2-6,9,12-16H2,1H3,(H,22,26). The van der Waals surface area contributed by atoms with Gasteiger partial charge >= 0.3 is 0 Å². The fourth-order valence-electron chi connectivity index (χ4n) is 3.85. The maximum Gasteiger partial charge on any atom is 0.241 e. The summed E-state index contributed by atoms with van der Waals surface area (Å²) in [7, 11) is 0. The highest BCUT2D eigenvalue weighted by atomic mass is 16.2. The number of rotatable bonds is 6. The zero-order valence-electron chi connectivity index (χ0n) is 15.9. The number of likely N-dealkylation sites (tertiary alicyclic amines) is 2. The molecule has 2 fully saturated rings. The third-order valence-electron chi connectivity index (χ3n) is 5.63. The molecular weight excluding hydrogens is 326 g/mol. The molecule has 1 aromatic carbocycles. The summed E-state index contributed by atoms with van der Waals surface area (Å²) in [4.78, 5) is 28.8. The number of anilines is 1. The lowest BCUT2D eigenvalue weighted by molar-refractivity contribution is -0.130. The molecule has 5 heteroatoms. The van der Waals surface area contributed by atoms with Crippen molar-refractivity contribution in [1.29, 1.82) is 0 Å². The van der Waals surface area contributed by atoms with E-state index in [1.165, 1.54) is 19.3 Å². The summed E-state index contributed by atoms with van der Waals surface area (Å²) < 4.78 is 0. The van der Waals surface area contributed by atoms with Gasteiger partial charge in [-0.1, -0.05) is 18.6 Å². The van der Waals surface area contributed by atoms with Crippen molar-refractivity contribution in [2.75, 3.05) is 31.5 Å². The van der Waals surface area contributed by atoms with Crippen molar-refractivity contribution >= 4 is 17.5 Å². The molecule has 0 bridgehead atoms. The summed E-state index contributed by atoms with van der Waals surface area (Å²) in [6.45, 7) is 5.84. The first-order valence-electron chi connectivity index (χ1n) is 10.0. The van der Waals surface area contributed by atoms with Gasteiger partial charge in [0.2, 0.25) is 11.8 Å². The molecule has 0 aromatic heterocycles. The van der Waals surface area contributed by atoms with E-state index in [2.05, 4.69) is 10.2 Å². The van der Waals surface area contributed by atoms with Gasteiger partial charge in [0.25, 0.3) is 0 Å². The van der Waals surface area contributed by atoms with Crippen molar-refractivity contribution in [3.05, 3.63) is 29.8 Å². The van der Waals surface area contributed by atoms with Crippen molar-refractivity contribution in [3.63, 3.8) is 0 Å². The number of carbonyl (C=O) groups is 2. The molecule has 0 spiro atoms. The number of carbonyl (C=O) groups excluding carboxylic acids is 2. The van der Waals surface area contributed by atoms with Crippen LogP contribution in [-0.4, -0.2) is 53.8 Å². The molecule has 1 N–H and O–H groups in total. The molecule has 2 aliphatic heterocycles. The summed E-state index contributed by atoms with van der Waals surface area (Å²) >= 11 is 0. The van der Waals surface area contributed by atoms with E-state index in [9.17, 15) is 9.59 Å². The Bertz CT molecular complexity index is 602. The van der Waals surface area contributed by atoms with Crippen LogP contribution in [0.4, 0.5) is 5.69 Å². The van der Waals surface area contributed by atoms with E-state index in [0.717, 1.165) is 56.7 Å². The molecule has 2 aliphatic rings. The lowest BCUT2D eigenvalue weighted by Crippen LogP contribution is -2.44. The monoisotopic (exact) mass is 357 g/mol. The summed E-state index contributed by atoms with van der Waals surface area (Å²) in [5.74, 6) is 0.319. The maximum atomic E-state index is 12.5. The average molecular weight is 357 g/mol. The minimum Gasteiger partial charge on any atom is -0.343 e. The molecule has 5 nitrogen and oxygen atoms in total. The first-order chi connectivity index (χ1) is 12.6. The van der Waals surface area contributed by atoms with Crippen LogP contribution in [0.3, 0.4) is 0 Å². The Balaban J connectivity index is 1.46. The van der Waals surface area contributed by atoms with E-state index >= 15 is 0 Å². The van der Waals surface area contributed by atoms with Crippen LogP contribution in [-0.2, 0) is 16.0 Å². The van der Waals surface area contributed by atoms with Crippen molar-refractivity contribution in [1.82, 2.24) is 9.80 Å². The topological polar surface area (TPSA) is 52.7 Å². The molecule has 1 atom stereocenters. The molecular formula is C21H31N3O2. The van der Waals surface area contributed by atoms with Crippen LogP contribution in [0.25, 0.3) is 0 Å². The first kappa shape index (κ1) is 18.9. The largest absolute Gasteiger partial charge is 0.343 e. The molecule has 26 heavy (non-hydrogen) atoms. The van der Waals surface area contributed by atoms with Gasteiger partial charge in [-0.3, -0.25) is 14.5 Å². The van der Waals surface area contributed by atoms with Crippen molar-refractivity contribution in [2.24, 2.45) is 0 Å². The van der Waals surface area contributed by atoms with Crippen molar-refractivity contribution < 1.29 is 9.59 Å². The molecule has 1 unspecified atom stereocenters. The Morgan fingerprint density at radius 2 is 1.58 bits per heavy atom. The Labute approximate surface area is 156 Å². The van der Waals surface area contributed by atoms with E-state index in [1.807, 2.05) is 36.1 Å². The van der Waals surface area contributed by atoms with Crippen LogP contribution in [0.1, 0.15) is 51.0 Å². The number of benzene rings is 1. The predicted molar refractivity (Wildman–Crippen MR) is 104 cm³/mol. The van der Waals surface area contributed by atoms with Gasteiger partial charge in [0.05, 0.1) is 6.04 Å². The highest BCUT2D eigenvalue weighted by molar-refractivity contribution is 5.94. The van der Waals surface area contributed by atoms with Gasteiger partial charge < -0.3 is 10.2 Å². The minimum atomic E-state index is -0.0898. The maximum absolute atomic E-state index is 12.5. The van der Waals surface area contributed by atoms with Gasteiger partial charge in [-0.2, -0.15) is 0 Å². The minimum absolute atomic E-state index is 0.0591. The van der Waals surface area contributed by atoms with Gasteiger partial charge in [-0.15, -0.1) is 0 Å². The summed E-state index contributed by atoms with van der Waals surface area (Å²) in [6.07, 6.45) is 7.23. The predicted octanol–water partition coefficient (Wildman–Crippen LogP) is 3.05. The normalized spacial score (nSPS) is 19.3. The van der Waals surface area contributed by atoms with E-state index in [-0.39, 0.29) is 17.9 Å². The molecule has 0 saturated carbocycles. The highest BCUT2D eigenvalue weighted by Crippen LogP contribution is 2.16. The van der Waals surface area contributed by atoms with Crippen LogP contribution >= 0.6 is 0 Å². The fourth-order valence-corrected chi connectivity index (χ4v) is 3.85. The van der Waals surface area contributed by atoms with Gasteiger partial charge in [-0.25, -0.2) is 0 Å². The Kier molecular flexibility index (Phi) is 6.67. The van der Waals surface area contributed by atoms with Gasteiger partial charge in [-0.05, 0) is 69.8 Å². The summed E-state index contributed by atoms with van der Waals surface area (Å²) in [5, 5.41) is 3.02. The molecule has 0 aliphatic carbocycles. The Morgan fingerprint density at radius 1 is 0.962 bits per heavy atom. The van der Waals surface area contributed by atoms with Crippen molar-refractivity contribution in [3.8, 4) is 0 Å². The lowest BCUT2D eigenvalue weighted by Gasteiger charge is -2.31. The quantitative estimate of drug-likeness (QED) is 0.851. The molecule has 2 amide bonds. The second-order valence-corrected chi connectivity index (χ2v) is 7.55. The number of nitrogens with one attached hydrogen (secondary N) is 1. The zero-order valence-corrected chi connectivity index (χ0v) is 15.9. The lowest BCUT2D eigenvalue weighted by atomic mass is 10.1. The van der Waals surface area contributed by atoms with E-state index in [4.69, 9.17) is 0 Å². The average Bonchev–Trinajstić information content (AvgIpc) is 3.22. The number of amides is 2. The van der Waals surface area contributed by atoms with Crippen LogP contribution in [0.5, 0.6) is 0 Å². The van der Waals surface area contributed by atoms with Crippen LogP contribution < -0.4 is 5.32 Å². The third-order valence-corrected chi connectivity index (χ3v) is 5.63. The Morgan fingerprint density at radius 3 is 2.23 bits per heavy atom. The summed E-state index contributed by atoms with van der Waals surface area (Å²) in [6, 6.07) is 7.82. The van der Waals surface area contributed by atoms with Gasteiger partial charge in [0, 0.05) is 25.2 Å². The number of nitrogens with zero attached hydrogens (tertiary/aromatic N) is 2. The van der Waals surface area contributed by atoms with E-state index in [1.54, 1.807) is 0 Å². The number of hydrogen-bond donors (Lipinski definition) is 1. The van der Waals surface area contributed by atoms with E-state index < -0.39 is 0 Å². The molecule has 1 aromatic rings.